The fourth-order valence-electron chi connectivity index (χ4n) is 1.84. The lowest BCUT2D eigenvalue weighted by Gasteiger charge is -2.26. The zero-order valence-corrected chi connectivity index (χ0v) is 8.79. The Morgan fingerprint density at radius 3 is 3.20 bits per heavy atom. The van der Waals surface area contributed by atoms with E-state index in [1.165, 1.54) is 0 Å². The molecule has 2 unspecified atom stereocenters. The van der Waals surface area contributed by atoms with Crippen LogP contribution in [0.15, 0.2) is 12.4 Å². The average Bonchev–Trinajstić information content (AvgIpc) is 2.70. The number of carbonyl (C=O) groups is 1. The number of nitrogens with zero attached hydrogens (tertiary/aromatic N) is 1. The minimum absolute atomic E-state index is 0.00324. The number of hydrogen-bond acceptors (Lipinski definition) is 3. The van der Waals surface area contributed by atoms with Gasteiger partial charge in [-0.2, -0.15) is 0 Å². The summed E-state index contributed by atoms with van der Waals surface area (Å²) in [6.07, 6.45) is 5.34. The summed E-state index contributed by atoms with van der Waals surface area (Å²) in [5.41, 5.74) is 0. The molecule has 0 radical (unpaired) electrons. The van der Waals surface area contributed by atoms with Gasteiger partial charge in [0.15, 0.2) is 0 Å². The number of carbonyl (C=O) groups excluding carboxylic acids is 1. The summed E-state index contributed by atoms with van der Waals surface area (Å²) < 4.78 is 0. The van der Waals surface area contributed by atoms with Crippen LogP contribution in [0.1, 0.15) is 19.8 Å². The molecule has 0 aromatic carbocycles. The summed E-state index contributed by atoms with van der Waals surface area (Å²) in [5.74, 6) is 1.12. The Kier molecular flexibility index (Phi) is 3.01. The number of piperidine rings is 1. The molecule has 3 N–H and O–H groups in total. The van der Waals surface area contributed by atoms with Gasteiger partial charge in [0.25, 0.3) is 0 Å². The van der Waals surface area contributed by atoms with Crippen molar-refractivity contribution >= 4 is 11.9 Å². The third kappa shape index (κ3) is 2.56. The molecule has 82 valence electrons. The second-order valence-corrected chi connectivity index (χ2v) is 4.06. The standard InChI is InChI=1S/C10H16N4O/c1-7-2-3-11-8(6-7)9(15)14-10-12-4-5-13-10/h4-5,7-8,11H,2-3,6H2,1H3,(H2,12,13,14,15). The summed E-state index contributed by atoms with van der Waals surface area (Å²) in [6, 6.07) is -0.0844. The third-order valence-electron chi connectivity index (χ3n) is 2.72. The number of anilines is 1. The Hall–Kier alpha value is -1.36. The topological polar surface area (TPSA) is 69.8 Å². The zero-order valence-electron chi connectivity index (χ0n) is 8.79. The number of imidazole rings is 1. The molecule has 1 aromatic heterocycles. The van der Waals surface area contributed by atoms with Gasteiger partial charge in [0.2, 0.25) is 11.9 Å². The Bertz CT molecular complexity index is 322. The molecule has 1 aromatic rings. The van der Waals surface area contributed by atoms with Crippen LogP contribution in [0.25, 0.3) is 0 Å². The first-order valence-electron chi connectivity index (χ1n) is 5.29. The van der Waals surface area contributed by atoms with Gasteiger partial charge in [-0.15, -0.1) is 0 Å². The Morgan fingerprint density at radius 1 is 1.67 bits per heavy atom. The number of amides is 1. The molecule has 15 heavy (non-hydrogen) atoms. The van der Waals surface area contributed by atoms with E-state index in [1.54, 1.807) is 12.4 Å². The first-order chi connectivity index (χ1) is 7.25. The molecular formula is C10H16N4O. The van der Waals surface area contributed by atoms with Crippen molar-refractivity contribution in [3.8, 4) is 0 Å². The van der Waals surface area contributed by atoms with E-state index in [9.17, 15) is 4.79 Å². The van der Waals surface area contributed by atoms with Crippen molar-refractivity contribution in [3.63, 3.8) is 0 Å². The molecule has 1 aliphatic rings. The van der Waals surface area contributed by atoms with Crippen molar-refractivity contribution in [1.29, 1.82) is 0 Å². The van der Waals surface area contributed by atoms with Crippen LogP contribution in [-0.2, 0) is 4.79 Å². The van der Waals surface area contributed by atoms with Gasteiger partial charge in [0, 0.05) is 12.4 Å². The first kappa shape index (κ1) is 10.2. The van der Waals surface area contributed by atoms with E-state index in [-0.39, 0.29) is 11.9 Å². The predicted octanol–water partition coefficient (Wildman–Crippen LogP) is 0.736. The quantitative estimate of drug-likeness (QED) is 0.671. The van der Waals surface area contributed by atoms with E-state index < -0.39 is 0 Å². The second-order valence-electron chi connectivity index (χ2n) is 4.06. The number of H-pyrrole nitrogens is 1. The molecule has 1 amide bonds. The van der Waals surface area contributed by atoms with Crippen LogP contribution >= 0.6 is 0 Å². The van der Waals surface area contributed by atoms with E-state index >= 15 is 0 Å². The molecule has 5 heteroatoms. The van der Waals surface area contributed by atoms with Crippen LogP contribution in [0, 0.1) is 5.92 Å². The Labute approximate surface area is 88.7 Å². The van der Waals surface area contributed by atoms with Crippen molar-refractivity contribution in [2.45, 2.75) is 25.8 Å². The fraction of sp³-hybridized carbons (Fsp3) is 0.600. The molecule has 0 aliphatic carbocycles. The number of aromatic amines is 1. The maximum atomic E-state index is 11.8. The molecular weight excluding hydrogens is 192 g/mol. The fourth-order valence-corrected chi connectivity index (χ4v) is 1.84. The lowest BCUT2D eigenvalue weighted by atomic mass is 9.94. The van der Waals surface area contributed by atoms with Crippen LogP contribution < -0.4 is 10.6 Å². The van der Waals surface area contributed by atoms with Crippen molar-refractivity contribution in [3.05, 3.63) is 12.4 Å². The molecule has 0 bridgehead atoms. The molecule has 2 rings (SSSR count). The monoisotopic (exact) mass is 208 g/mol. The largest absolute Gasteiger partial charge is 0.331 e. The summed E-state index contributed by atoms with van der Waals surface area (Å²) in [7, 11) is 0. The number of aromatic nitrogens is 2. The second kappa shape index (κ2) is 4.44. The summed E-state index contributed by atoms with van der Waals surface area (Å²) in [4.78, 5) is 18.6. The van der Waals surface area contributed by atoms with Gasteiger partial charge >= 0.3 is 0 Å². The summed E-state index contributed by atoms with van der Waals surface area (Å²) in [6.45, 7) is 3.09. The highest BCUT2D eigenvalue weighted by Crippen LogP contribution is 2.15. The van der Waals surface area contributed by atoms with E-state index in [0.29, 0.717) is 11.9 Å². The van der Waals surface area contributed by atoms with E-state index in [2.05, 4.69) is 27.5 Å². The Balaban J connectivity index is 1.90. The molecule has 0 saturated carbocycles. The highest BCUT2D eigenvalue weighted by atomic mass is 16.2. The van der Waals surface area contributed by atoms with Gasteiger partial charge < -0.3 is 10.3 Å². The molecule has 1 saturated heterocycles. The van der Waals surface area contributed by atoms with Gasteiger partial charge in [-0.05, 0) is 25.3 Å². The smallest absolute Gasteiger partial charge is 0.243 e. The normalized spacial score (nSPS) is 26.2. The number of nitrogens with one attached hydrogen (secondary N) is 3. The lowest BCUT2D eigenvalue weighted by Crippen LogP contribution is -2.45. The maximum Gasteiger partial charge on any atom is 0.243 e. The minimum atomic E-state index is -0.0844. The van der Waals surface area contributed by atoms with Crippen LogP contribution in [0.5, 0.6) is 0 Å². The van der Waals surface area contributed by atoms with Gasteiger partial charge in [0.1, 0.15) is 0 Å². The van der Waals surface area contributed by atoms with Crippen molar-refractivity contribution < 1.29 is 4.79 Å². The number of rotatable bonds is 2. The van der Waals surface area contributed by atoms with Crippen LogP contribution in [0.4, 0.5) is 5.95 Å². The zero-order chi connectivity index (χ0) is 10.7. The lowest BCUT2D eigenvalue weighted by molar-refractivity contribution is -0.119. The van der Waals surface area contributed by atoms with Crippen LogP contribution in [0.2, 0.25) is 0 Å². The summed E-state index contributed by atoms with van der Waals surface area (Å²) in [5, 5.41) is 5.95. The van der Waals surface area contributed by atoms with Gasteiger partial charge in [0.05, 0.1) is 6.04 Å². The average molecular weight is 208 g/mol. The molecule has 1 fully saturated rings. The van der Waals surface area contributed by atoms with Crippen molar-refractivity contribution in [1.82, 2.24) is 15.3 Å². The molecule has 5 nitrogen and oxygen atoms in total. The SMILES string of the molecule is CC1CCNC(C(=O)Nc2ncc[nH]2)C1. The third-order valence-corrected chi connectivity index (χ3v) is 2.72. The number of hydrogen-bond donors (Lipinski definition) is 3. The molecule has 0 spiro atoms. The van der Waals surface area contributed by atoms with Crippen molar-refractivity contribution in [2.24, 2.45) is 5.92 Å². The summed E-state index contributed by atoms with van der Waals surface area (Å²) >= 11 is 0. The Morgan fingerprint density at radius 2 is 2.53 bits per heavy atom. The van der Waals surface area contributed by atoms with Crippen LogP contribution in [-0.4, -0.2) is 28.5 Å². The van der Waals surface area contributed by atoms with Gasteiger partial charge in [-0.3, -0.25) is 10.1 Å². The van der Waals surface area contributed by atoms with Crippen LogP contribution in [0.3, 0.4) is 0 Å². The minimum Gasteiger partial charge on any atom is -0.331 e. The van der Waals surface area contributed by atoms with Gasteiger partial charge in [-0.1, -0.05) is 6.92 Å². The van der Waals surface area contributed by atoms with E-state index in [1.807, 2.05) is 0 Å². The highest BCUT2D eigenvalue weighted by molar-refractivity contribution is 5.93. The maximum absolute atomic E-state index is 11.8. The van der Waals surface area contributed by atoms with E-state index in [0.717, 1.165) is 19.4 Å². The van der Waals surface area contributed by atoms with Gasteiger partial charge in [-0.25, -0.2) is 4.98 Å². The first-order valence-corrected chi connectivity index (χ1v) is 5.29. The molecule has 1 aliphatic heterocycles. The highest BCUT2D eigenvalue weighted by Gasteiger charge is 2.24. The molecule has 2 heterocycles. The molecule has 2 atom stereocenters. The predicted molar refractivity (Wildman–Crippen MR) is 57.4 cm³/mol. The van der Waals surface area contributed by atoms with Crippen molar-refractivity contribution in [2.75, 3.05) is 11.9 Å². The van der Waals surface area contributed by atoms with E-state index in [4.69, 9.17) is 0 Å².